The number of benzene rings is 1. The van der Waals surface area contributed by atoms with Gasteiger partial charge in [-0.05, 0) is 30.9 Å². The van der Waals surface area contributed by atoms with Crippen molar-refractivity contribution in [3.05, 3.63) is 42.0 Å². The summed E-state index contributed by atoms with van der Waals surface area (Å²) in [6, 6.07) is 7.82. The van der Waals surface area contributed by atoms with Crippen LogP contribution in [-0.4, -0.2) is 47.2 Å². The van der Waals surface area contributed by atoms with Gasteiger partial charge in [-0.3, -0.25) is 9.36 Å². The average Bonchev–Trinajstić information content (AvgIpc) is 3.36. The van der Waals surface area contributed by atoms with E-state index in [2.05, 4.69) is 4.98 Å². The van der Waals surface area contributed by atoms with Crippen molar-refractivity contribution in [3.8, 4) is 11.4 Å². The quantitative estimate of drug-likeness (QED) is 0.857. The van der Waals surface area contributed by atoms with Crippen LogP contribution in [0.15, 0.2) is 30.6 Å². The van der Waals surface area contributed by atoms with Crippen LogP contribution < -0.4 is 4.74 Å². The summed E-state index contributed by atoms with van der Waals surface area (Å²) in [6.07, 6.45) is 4.25. The van der Waals surface area contributed by atoms with E-state index in [-0.39, 0.29) is 11.3 Å². The Morgan fingerprint density at radius 3 is 2.92 bits per heavy atom. The zero-order chi connectivity index (χ0) is 17.0. The summed E-state index contributed by atoms with van der Waals surface area (Å²) in [7, 11) is 1.75. The number of nitrogens with zero attached hydrogens (tertiary/aromatic N) is 3. The molecule has 0 N–H and O–H groups in total. The van der Waals surface area contributed by atoms with Crippen LogP contribution in [0.3, 0.4) is 0 Å². The molecule has 0 atom stereocenters. The highest BCUT2D eigenvalue weighted by atomic mass is 16.5. The number of hydrogen-bond acceptors (Lipinski definition) is 4. The summed E-state index contributed by atoms with van der Waals surface area (Å²) in [5.74, 6) is 1.54. The van der Waals surface area contributed by atoms with E-state index in [1.54, 1.807) is 13.4 Å². The van der Waals surface area contributed by atoms with Crippen LogP contribution in [0.5, 0.6) is 5.75 Å². The second-order valence-corrected chi connectivity index (χ2v) is 7.40. The van der Waals surface area contributed by atoms with E-state index in [1.807, 2.05) is 33.7 Å². The standard InChI is InChI=1S/C19H21N3O3/c1-24-11-19(13-6-7-13)9-21(10-19)18(23)17-15-8-25-16-5-3-2-4-14(16)22(15)12-20-17/h2-5,12-13H,6-11H2,1H3. The third-order valence-corrected chi connectivity index (χ3v) is 5.73. The fourth-order valence-corrected chi connectivity index (χ4v) is 4.28. The highest BCUT2D eigenvalue weighted by Crippen LogP contribution is 2.51. The first-order chi connectivity index (χ1) is 12.2. The molecular formula is C19H21N3O3. The van der Waals surface area contributed by atoms with Crippen molar-refractivity contribution in [1.29, 1.82) is 0 Å². The number of carbonyl (C=O) groups is 1. The van der Waals surface area contributed by atoms with Crippen molar-refractivity contribution in [1.82, 2.24) is 14.5 Å². The number of ether oxygens (including phenoxy) is 2. The molecular weight excluding hydrogens is 318 g/mol. The SMILES string of the molecule is COCC1(C2CC2)CN(C(=O)c2ncn3c2COc2ccccc2-3)C1. The topological polar surface area (TPSA) is 56.6 Å². The third kappa shape index (κ3) is 2.20. The maximum Gasteiger partial charge on any atom is 0.274 e. The van der Waals surface area contributed by atoms with E-state index in [9.17, 15) is 4.79 Å². The van der Waals surface area contributed by atoms with E-state index in [0.717, 1.165) is 36.8 Å². The van der Waals surface area contributed by atoms with Gasteiger partial charge in [0.15, 0.2) is 5.69 Å². The normalized spacial score (nSPS) is 20.3. The number of fused-ring (bicyclic) bond motifs is 3. The fraction of sp³-hybridized carbons (Fsp3) is 0.474. The van der Waals surface area contributed by atoms with Gasteiger partial charge in [0.2, 0.25) is 0 Å². The predicted molar refractivity (Wildman–Crippen MR) is 90.8 cm³/mol. The largest absolute Gasteiger partial charge is 0.485 e. The van der Waals surface area contributed by atoms with Gasteiger partial charge in [-0.25, -0.2) is 4.98 Å². The molecule has 3 aliphatic rings. The van der Waals surface area contributed by atoms with E-state index in [0.29, 0.717) is 18.2 Å². The van der Waals surface area contributed by atoms with Crippen LogP contribution in [0.4, 0.5) is 0 Å². The van der Waals surface area contributed by atoms with Gasteiger partial charge in [0, 0.05) is 25.6 Å². The van der Waals surface area contributed by atoms with Crippen LogP contribution in [0.25, 0.3) is 5.69 Å². The second kappa shape index (κ2) is 5.33. The van der Waals surface area contributed by atoms with Crippen LogP contribution in [0.1, 0.15) is 29.0 Å². The summed E-state index contributed by atoms with van der Waals surface area (Å²) < 4.78 is 13.2. The molecule has 1 amide bonds. The lowest BCUT2D eigenvalue weighted by atomic mass is 9.75. The Hall–Kier alpha value is -2.34. The number of hydrogen-bond donors (Lipinski definition) is 0. The first kappa shape index (κ1) is 15.0. The molecule has 1 saturated heterocycles. The van der Waals surface area contributed by atoms with Crippen molar-refractivity contribution in [2.24, 2.45) is 11.3 Å². The highest BCUT2D eigenvalue weighted by molar-refractivity contribution is 5.94. The van der Waals surface area contributed by atoms with Crippen LogP contribution in [0.2, 0.25) is 0 Å². The zero-order valence-electron chi connectivity index (χ0n) is 14.3. The van der Waals surface area contributed by atoms with Gasteiger partial charge in [0.25, 0.3) is 5.91 Å². The van der Waals surface area contributed by atoms with Crippen LogP contribution in [0, 0.1) is 11.3 Å². The number of aromatic nitrogens is 2. The Morgan fingerprint density at radius 1 is 1.36 bits per heavy atom. The lowest BCUT2D eigenvalue weighted by molar-refractivity contribution is -0.0539. The van der Waals surface area contributed by atoms with Crippen molar-refractivity contribution in [2.45, 2.75) is 19.4 Å². The lowest BCUT2D eigenvalue weighted by Crippen LogP contribution is -2.61. The maximum absolute atomic E-state index is 13.0. The third-order valence-electron chi connectivity index (χ3n) is 5.73. The first-order valence-corrected chi connectivity index (χ1v) is 8.78. The number of likely N-dealkylation sites (tertiary alicyclic amines) is 1. The molecule has 25 heavy (non-hydrogen) atoms. The van der Waals surface area contributed by atoms with E-state index >= 15 is 0 Å². The molecule has 0 bridgehead atoms. The Labute approximate surface area is 146 Å². The number of carbonyl (C=O) groups excluding carboxylic acids is 1. The summed E-state index contributed by atoms with van der Waals surface area (Å²) in [4.78, 5) is 19.3. The minimum Gasteiger partial charge on any atom is -0.485 e. The molecule has 0 spiro atoms. The number of para-hydroxylation sites is 2. The molecule has 1 aromatic carbocycles. The predicted octanol–water partition coefficient (Wildman–Crippen LogP) is 2.26. The molecule has 0 unspecified atom stereocenters. The van der Waals surface area contributed by atoms with Gasteiger partial charge in [-0.2, -0.15) is 0 Å². The minimum atomic E-state index is 0.00380. The van der Waals surface area contributed by atoms with Crippen molar-refractivity contribution >= 4 is 5.91 Å². The molecule has 6 heteroatoms. The van der Waals surface area contributed by atoms with Gasteiger partial charge in [-0.1, -0.05) is 12.1 Å². The average molecular weight is 339 g/mol. The van der Waals surface area contributed by atoms with E-state index < -0.39 is 0 Å². The first-order valence-electron chi connectivity index (χ1n) is 8.78. The number of rotatable bonds is 4. The molecule has 5 rings (SSSR count). The summed E-state index contributed by atoms with van der Waals surface area (Å²) in [5.41, 5.74) is 2.44. The molecule has 2 aromatic rings. The summed E-state index contributed by atoms with van der Waals surface area (Å²) in [5, 5.41) is 0. The molecule has 2 aliphatic heterocycles. The van der Waals surface area contributed by atoms with Crippen molar-refractivity contribution in [2.75, 3.05) is 26.8 Å². The Bertz CT molecular complexity index is 834. The molecule has 130 valence electrons. The Morgan fingerprint density at radius 2 is 2.16 bits per heavy atom. The van der Waals surface area contributed by atoms with Crippen molar-refractivity contribution in [3.63, 3.8) is 0 Å². The van der Waals surface area contributed by atoms with Crippen molar-refractivity contribution < 1.29 is 14.3 Å². The number of methoxy groups -OCH3 is 1. The molecule has 1 saturated carbocycles. The van der Waals surface area contributed by atoms with E-state index in [1.165, 1.54) is 12.8 Å². The highest BCUT2D eigenvalue weighted by Gasteiger charge is 2.54. The molecule has 1 aromatic heterocycles. The number of amides is 1. The van der Waals surface area contributed by atoms with Gasteiger partial charge in [-0.15, -0.1) is 0 Å². The lowest BCUT2D eigenvalue weighted by Gasteiger charge is -2.50. The summed E-state index contributed by atoms with van der Waals surface area (Å²) in [6.45, 7) is 2.65. The van der Waals surface area contributed by atoms with Crippen LogP contribution >= 0.6 is 0 Å². The van der Waals surface area contributed by atoms with Crippen LogP contribution in [-0.2, 0) is 11.3 Å². The Kier molecular flexibility index (Phi) is 3.19. The maximum atomic E-state index is 13.0. The molecule has 6 nitrogen and oxygen atoms in total. The number of imidazole rings is 1. The van der Waals surface area contributed by atoms with Gasteiger partial charge < -0.3 is 14.4 Å². The molecule has 0 radical (unpaired) electrons. The minimum absolute atomic E-state index is 0.00380. The van der Waals surface area contributed by atoms with Gasteiger partial charge in [0.05, 0.1) is 18.0 Å². The van der Waals surface area contributed by atoms with E-state index in [4.69, 9.17) is 9.47 Å². The van der Waals surface area contributed by atoms with Gasteiger partial charge >= 0.3 is 0 Å². The zero-order valence-corrected chi connectivity index (χ0v) is 14.3. The smallest absolute Gasteiger partial charge is 0.274 e. The molecule has 1 aliphatic carbocycles. The Balaban J connectivity index is 1.39. The fourth-order valence-electron chi connectivity index (χ4n) is 4.28. The molecule has 2 fully saturated rings. The van der Waals surface area contributed by atoms with Gasteiger partial charge in [0.1, 0.15) is 18.7 Å². The second-order valence-electron chi connectivity index (χ2n) is 7.40. The summed E-state index contributed by atoms with van der Waals surface area (Å²) >= 11 is 0. The monoisotopic (exact) mass is 339 g/mol. The molecule has 3 heterocycles.